The van der Waals surface area contributed by atoms with E-state index in [1.807, 2.05) is 19.9 Å². The number of sulfonamides is 1. The lowest BCUT2D eigenvalue weighted by Gasteiger charge is -2.02. The Bertz CT molecular complexity index is 790. The van der Waals surface area contributed by atoms with Crippen molar-refractivity contribution >= 4 is 27.2 Å². The molecule has 0 unspecified atom stereocenters. The maximum atomic E-state index is 12.3. The van der Waals surface area contributed by atoms with Crippen LogP contribution in [-0.4, -0.2) is 18.2 Å². The molecule has 0 saturated carbocycles. The normalized spacial score (nSPS) is 11.3. The predicted octanol–water partition coefficient (Wildman–Crippen LogP) is 2.08. The first kappa shape index (κ1) is 14.6. The van der Waals surface area contributed by atoms with Gasteiger partial charge < -0.3 is 0 Å². The number of nitriles is 1. The molecular weight excluding hydrogens is 296 g/mol. The second-order valence-electron chi connectivity index (χ2n) is 4.45. The van der Waals surface area contributed by atoms with Crippen LogP contribution in [0.25, 0.3) is 0 Å². The van der Waals surface area contributed by atoms with Gasteiger partial charge in [-0.2, -0.15) is 10.4 Å². The molecule has 0 aliphatic heterocycles. The van der Waals surface area contributed by atoms with Crippen LogP contribution in [0, 0.1) is 32.1 Å². The van der Waals surface area contributed by atoms with Gasteiger partial charge >= 0.3 is 0 Å². The maximum absolute atomic E-state index is 12.3. The Balaban J connectivity index is 2.44. The summed E-state index contributed by atoms with van der Waals surface area (Å²) >= 11 is 1.20. The fraction of sp³-hybridized carbons (Fsp3) is 0.333. The molecule has 0 spiro atoms. The smallest absolute Gasteiger partial charge is 0.269 e. The number of nitrogens with one attached hydrogen (secondary N) is 1. The van der Waals surface area contributed by atoms with Gasteiger partial charge in [0.1, 0.15) is 15.8 Å². The van der Waals surface area contributed by atoms with Gasteiger partial charge in [0.25, 0.3) is 10.0 Å². The lowest BCUT2D eigenvalue weighted by Crippen LogP contribution is -2.13. The van der Waals surface area contributed by atoms with Crippen molar-refractivity contribution in [1.29, 1.82) is 5.26 Å². The van der Waals surface area contributed by atoms with Crippen molar-refractivity contribution in [1.82, 2.24) is 9.78 Å². The average molecular weight is 310 g/mol. The summed E-state index contributed by atoms with van der Waals surface area (Å²) in [4.78, 5) is 0.947. The van der Waals surface area contributed by atoms with Crippen LogP contribution in [0.2, 0.25) is 0 Å². The topological polar surface area (TPSA) is 87.8 Å². The second-order valence-corrected chi connectivity index (χ2v) is 7.62. The van der Waals surface area contributed by atoms with Crippen molar-refractivity contribution in [3.05, 3.63) is 27.8 Å². The van der Waals surface area contributed by atoms with Crippen LogP contribution in [0.3, 0.4) is 0 Å². The van der Waals surface area contributed by atoms with Crippen LogP contribution >= 0.6 is 11.3 Å². The fourth-order valence-electron chi connectivity index (χ4n) is 1.66. The molecule has 0 saturated heterocycles. The molecule has 2 heterocycles. The van der Waals surface area contributed by atoms with Gasteiger partial charge in [-0.05, 0) is 32.4 Å². The zero-order valence-corrected chi connectivity index (χ0v) is 13.2. The molecular formula is C12H14N4O2S2. The number of hydrogen-bond donors (Lipinski definition) is 1. The first-order chi connectivity index (χ1) is 9.26. The van der Waals surface area contributed by atoms with Crippen molar-refractivity contribution in [3.8, 4) is 6.07 Å². The largest absolute Gasteiger partial charge is 0.272 e. The molecule has 1 N–H and O–H groups in total. The highest BCUT2D eigenvalue weighted by Gasteiger charge is 2.22. The number of aryl methyl sites for hydroxylation is 3. The molecule has 0 fully saturated rings. The summed E-state index contributed by atoms with van der Waals surface area (Å²) in [5.74, 6) is 0.0659. The summed E-state index contributed by atoms with van der Waals surface area (Å²) in [5, 5.41) is 13.1. The summed E-state index contributed by atoms with van der Waals surface area (Å²) < 4.78 is 28.7. The minimum Gasteiger partial charge on any atom is -0.269 e. The van der Waals surface area contributed by atoms with Crippen LogP contribution in [0.5, 0.6) is 0 Å². The van der Waals surface area contributed by atoms with Crippen molar-refractivity contribution in [2.75, 3.05) is 4.72 Å². The number of hydrogen-bond acceptors (Lipinski definition) is 5. The maximum Gasteiger partial charge on any atom is 0.272 e. The van der Waals surface area contributed by atoms with Crippen molar-refractivity contribution in [2.45, 2.75) is 25.0 Å². The standard InChI is InChI=1S/C12H14N4O2S2/c1-7-5-11(19-9(7)3)20(17,18)15-12-10(6-13)8(2)16(4)14-12/h5H,1-4H3,(H,14,15). The number of nitrogens with zero attached hydrogens (tertiary/aromatic N) is 3. The van der Waals surface area contributed by atoms with E-state index in [0.29, 0.717) is 5.69 Å². The monoisotopic (exact) mass is 310 g/mol. The van der Waals surface area contributed by atoms with Crippen LogP contribution in [0.1, 0.15) is 21.7 Å². The number of anilines is 1. The Labute approximate surface area is 121 Å². The van der Waals surface area contributed by atoms with Crippen LogP contribution in [0.15, 0.2) is 10.3 Å². The Morgan fingerprint density at radius 2 is 2.05 bits per heavy atom. The van der Waals surface area contributed by atoms with Crippen LogP contribution < -0.4 is 4.72 Å². The van der Waals surface area contributed by atoms with E-state index in [1.165, 1.54) is 16.0 Å². The Hall–Kier alpha value is -1.85. The minimum atomic E-state index is -3.71. The molecule has 0 aromatic carbocycles. The Morgan fingerprint density at radius 1 is 1.40 bits per heavy atom. The number of rotatable bonds is 3. The molecule has 2 rings (SSSR count). The summed E-state index contributed by atoms with van der Waals surface area (Å²) in [6.07, 6.45) is 0. The molecule has 0 atom stereocenters. The van der Waals surface area contributed by atoms with Crippen molar-refractivity contribution in [2.24, 2.45) is 7.05 Å². The van der Waals surface area contributed by atoms with E-state index in [9.17, 15) is 8.42 Å². The van der Waals surface area contributed by atoms with Gasteiger partial charge in [-0.3, -0.25) is 9.40 Å². The molecule has 0 aliphatic rings. The molecule has 6 nitrogen and oxygen atoms in total. The molecule has 0 aliphatic carbocycles. The van der Waals surface area contributed by atoms with E-state index in [2.05, 4.69) is 9.82 Å². The minimum absolute atomic E-state index is 0.0659. The first-order valence-electron chi connectivity index (χ1n) is 5.80. The van der Waals surface area contributed by atoms with Gasteiger partial charge in [0, 0.05) is 11.9 Å². The summed E-state index contributed by atoms with van der Waals surface area (Å²) in [5.41, 5.74) is 1.78. The Morgan fingerprint density at radius 3 is 2.55 bits per heavy atom. The predicted molar refractivity (Wildman–Crippen MR) is 77.3 cm³/mol. The van der Waals surface area contributed by atoms with Crippen molar-refractivity contribution < 1.29 is 8.42 Å². The molecule has 8 heteroatoms. The van der Waals surface area contributed by atoms with Gasteiger partial charge in [0.15, 0.2) is 5.82 Å². The lowest BCUT2D eigenvalue weighted by atomic mass is 10.3. The second kappa shape index (κ2) is 4.92. The summed E-state index contributed by atoms with van der Waals surface area (Å²) in [6, 6.07) is 3.58. The van der Waals surface area contributed by atoms with Gasteiger partial charge in [-0.15, -0.1) is 11.3 Å². The van der Waals surface area contributed by atoms with E-state index >= 15 is 0 Å². The molecule has 0 radical (unpaired) electrons. The zero-order chi connectivity index (χ0) is 15.1. The summed E-state index contributed by atoms with van der Waals surface area (Å²) in [7, 11) is -2.05. The molecule has 0 amide bonds. The number of aromatic nitrogens is 2. The van der Waals surface area contributed by atoms with E-state index in [0.717, 1.165) is 10.4 Å². The highest BCUT2D eigenvalue weighted by Crippen LogP contribution is 2.27. The molecule has 2 aromatic rings. The third-order valence-electron chi connectivity index (χ3n) is 3.09. The number of thiophene rings is 1. The molecule has 2 aromatic heterocycles. The highest BCUT2D eigenvalue weighted by molar-refractivity contribution is 7.94. The molecule has 106 valence electrons. The molecule has 0 bridgehead atoms. The van der Waals surface area contributed by atoms with E-state index in [-0.39, 0.29) is 15.6 Å². The SMILES string of the molecule is Cc1cc(S(=O)(=O)Nc2nn(C)c(C)c2C#N)sc1C. The van der Waals surface area contributed by atoms with E-state index in [4.69, 9.17) is 5.26 Å². The van der Waals surface area contributed by atoms with Gasteiger partial charge in [0.05, 0.1) is 5.69 Å². The van der Waals surface area contributed by atoms with E-state index < -0.39 is 10.0 Å². The van der Waals surface area contributed by atoms with Crippen LogP contribution in [0.4, 0.5) is 5.82 Å². The fourth-order valence-corrected chi connectivity index (χ4v) is 4.19. The van der Waals surface area contributed by atoms with Crippen LogP contribution in [-0.2, 0) is 17.1 Å². The average Bonchev–Trinajstić information content (AvgIpc) is 2.82. The van der Waals surface area contributed by atoms with Crippen molar-refractivity contribution in [3.63, 3.8) is 0 Å². The van der Waals surface area contributed by atoms with Gasteiger partial charge in [0.2, 0.25) is 0 Å². The quantitative estimate of drug-likeness (QED) is 0.940. The Kier molecular flexibility index (Phi) is 3.58. The third-order valence-corrected chi connectivity index (χ3v) is 6.05. The third kappa shape index (κ3) is 2.42. The zero-order valence-electron chi connectivity index (χ0n) is 11.6. The summed E-state index contributed by atoms with van der Waals surface area (Å²) in [6.45, 7) is 5.43. The highest BCUT2D eigenvalue weighted by atomic mass is 32.2. The van der Waals surface area contributed by atoms with Gasteiger partial charge in [-0.25, -0.2) is 8.42 Å². The first-order valence-corrected chi connectivity index (χ1v) is 8.09. The molecule has 20 heavy (non-hydrogen) atoms. The van der Waals surface area contributed by atoms with E-state index in [1.54, 1.807) is 20.0 Å². The lowest BCUT2D eigenvalue weighted by molar-refractivity contribution is 0.602. The van der Waals surface area contributed by atoms with Gasteiger partial charge in [-0.1, -0.05) is 0 Å².